The van der Waals surface area contributed by atoms with Gasteiger partial charge in [-0.25, -0.2) is 0 Å². The summed E-state index contributed by atoms with van der Waals surface area (Å²) in [5.74, 6) is 1.89. The summed E-state index contributed by atoms with van der Waals surface area (Å²) in [7, 11) is 0. The highest BCUT2D eigenvalue weighted by molar-refractivity contribution is 7.99. The Morgan fingerprint density at radius 3 is 3.14 bits per heavy atom. The quantitative estimate of drug-likeness (QED) is 0.585. The van der Waals surface area contributed by atoms with Gasteiger partial charge in [0.2, 0.25) is 0 Å². The Morgan fingerprint density at radius 1 is 1.71 bits per heavy atom. The molecule has 0 fully saturated rings. The third-order valence-electron chi connectivity index (χ3n) is 1.58. The Hall–Kier alpha value is -0.790. The monoisotopic (exact) mass is 227 g/mol. The van der Waals surface area contributed by atoms with E-state index in [1.165, 1.54) is 18.0 Å². The molecule has 0 saturated heterocycles. The van der Waals surface area contributed by atoms with E-state index in [0.717, 1.165) is 5.75 Å². The topological polar surface area (TPSA) is 49.6 Å². The Labute approximate surface area is 92.5 Å². The fourth-order valence-corrected chi connectivity index (χ4v) is 1.95. The van der Waals surface area contributed by atoms with Crippen molar-refractivity contribution in [1.29, 1.82) is 5.26 Å². The van der Waals surface area contributed by atoms with Crippen LogP contribution in [0.3, 0.4) is 0 Å². The van der Waals surface area contributed by atoms with Gasteiger partial charge < -0.3 is 0 Å². The van der Waals surface area contributed by atoms with E-state index in [1.54, 1.807) is 6.07 Å². The summed E-state index contributed by atoms with van der Waals surface area (Å²) in [6.07, 6.45) is 1.52. The largest absolute Gasteiger partial charge is 0.192 e. The zero-order chi connectivity index (χ0) is 10.4. The van der Waals surface area contributed by atoms with Crippen LogP contribution in [0.4, 0.5) is 0 Å². The SMILES string of the molecule is CC(CCl)CSc1nnccc1C#N. The van der Waals surface area contributed by atoms with Crippen LogP contribution in [0.15, 0.2) is 17.3 Å². The van der Waals surface area contributed by atoms with Gasteiger partial charge in [-0.3, -0.25) is 0 Å². The second kappa shape index (κ2) is 5.84. The van der Waals surface area contributed by atoms with Crippen LogP contribution in [0.25, 0.3) is 0 Å². The van der Waals surface area contributed by atoms with Crippen molar-refractivity contribution >= 4 is 23.4 Å². The van der Waals surface area contributed by atoms with Crippen LogP contribution < -0.4 is 0 Å². The second-order valence-electron chi connectivity index (χ2n) is 2.93. The fraction of sp³-hybridized carbons (Fsp3) is 0.444. The van der Waals surface area contributed by atoms with Crippen LogP contribution in [0.2, 0.25) is 0 Å². The Balaban J connectivity index is 2.63. The van der Waals surface area contributed by atoms with Crippen LogP contribution in [0.5, 0.6) is 0 Å². The Bertz CT molecular complexity index is 337. The lowest BCUT2D eigenvalue weighted by molar-refractivity contribution is 0.756. The van der Waals surface area contributed by atoms with E-state index < -0.39 is 0 Å². The van der Waals surface area contributed by atoms with Crippen LogP contribution in [-0.4, -0.2) is 21.8 Å². The molecular formula is C9H10ClN3S. The first-order valence-corrected chi connectivity index (χ1v) is 5.70. The maximum absolute atomic E-state index is 8.78. The molecule has 14 heavy (non-hydrogen) atoms. The molecule has 0 aliphatic rings. The molecule has 1 aromatic rings. The molecular weight excluding hydrogens is 218 g/mol. The minimum Gasteiger partial charge on any atom is -0.192 e. The molecule has 0 aromatic carbocycles. The van der Waals surface area contributed by atoms with Crippen molar-refractivity contribution in [3.8, 4) is 6.07 Å². The van der Waals surface area contributed by atoms with Crippen molar-refractivity contribution in [1.82, 2.24) is 10.2 Å². The van der Waals surface area contributed by atoms with Gasteiger partial charge in [0.25, 0.3) is 0 Å². The van der Waals surface area contributed by atoms with Crippen molar-refractivity contribution < 1.29 is 0 Å². The maximum atomic E-state index is 8.78. The van der Waals surface area contributed by atoms with E-state index >= 15 is 0 Å². The average Bonchev–Trinajstić information content (AvgIpc) is 2.26. The van der Waals surface area contributed by atoms with Crippen molar-refractivity contribution in [3.63, 3.8) is 0 Å². The van der Waals surface area contributed by atoms with Gasteiger partial charge in [0.15, 0.2) is 0 Å². The Kier molecular flexibility index (Phi) is 4.71. The zero-order valence-electron chi connectivity index (χ0n) is 7.77. The Morgan fingerprint density at radius 2 is 2.50 bits per heavy atom. The first-order valence-electron chi connectivity index (χ1n) is 4.18. The van der Waals surface area contributed by atoms with Gasteiger partial charge in [0.05, 0.1) is 11.8 Å². The first kappa shape index (κ1) is 11.3. The molecule has 0 aliphatic heterocycles. The van der Waals surface area contributed by atoms with E-state index in [9.17, 15) is 0 Å². The molecule has 0 bridgehead atoms. The van der Waals surface area contributed by atoms with E-state index in [2.05, 4.69) is 23.2 Å². The summed E-state index contributed by atoms with van der Waals surface area (Å²) in [5, 5.41) is 17.1. The summed E-state index contributed by atoms with van der Waals surface area (Å²) >= 11 is 7.20. The molecule has 0 saturated carbocycles. The summed E-state index contributed by atoms with van der Waals surface area (Å²) in [5.41, 5.74) is 0.576. The van der Waals surface area contributed by atoms with Gasteiger partial charge in [0, 0.05) is 11.6 Å². The lowest BCUT2D eigenvalue weighted by Crippen LogP contribution is -2.00. The fourth-order valence-electron chi connectivity index (χ4n) is 0.776. The maximum Gasteiger partial charge on any atom is 0.137 e. The lowest BCUT2D eigenvalue weighted by Gasteiger charge is -2.05. The summed E-state index contributed by atoms with van der Waals surface area (Å²) < 4.78 is 0. The van der Waals surface area contributed by atoms with E-state index in [-0.39, 0.29) is 0 Å². The molecule has 1 atom stereocenters. The van der Waals surface area contributed by atoms with Crippen LogP contribution >= 0.6 is 23.4 Å². The number of alkyl halides is 1. The zero-order valence-corrected chi connectivity index (χ0v) is 9.35. The molecule has 1 rings (SSSR count). The summed E-state index contributed by atoms with van der Waals surface area (Å²) in [4.78, 5) is 0. The molecule has 0 amide bonds. The van der Waals surface area contributed by atoms with Crippen molar-refractivity contribution in [3.05, 3.63) is 17.8 Å². The van der Waals surface area contributed by atoms with Gasteiger partial charge >= 0.3 is 0 Å². The first-order chi connectivity index (χ1) is 6.77. The van der Waals surface area contributed by atoms with Gasteiger partial charge in [-0.15, -0.1) is 28.5 Å². The molecule has 74 valence electrons. The molecule has 0 N–H and O–H groups in total. The second-order valence-corrected chi connectivity index (χ2v) is 4.25. The molecule has 1 aromatic heterocycles. The number of halogens is 1. The number of thioether (sulfide) groups is 1. The molecule has 5 heteroatoms. The highest BCUT2D eigenvalue weighted by Crippen LogP contribution is 2.21. The minimum atomic E-state index is 0.412. The minimum absolute atomic E-state index is 0.412. The standard InChI is InChI=1S/C9H10ClN3S/c1-7(4-10)6-14-9-8(5-11)2-3-12-13-9/h2-3,7H,4,6H2,1H3. The number of aromatic nitrogens is 2. The highest BCUT2D eigenvalue weighted by Gasteiger charge is 2.06. The average molecular weight is 228 g/mol. The van der Waals surface area contributed by atoms with Crippen molar-refractivity contribution in [2.45, 2.75) is 11.9 Å². The number of nitriles is 1. The third-order valence-corrected chi connectivity index (χ3v) is 3.41. The van der Waals surface area contributed by atoms with Gasteiger partial charge in [-0.2, -0.15) is 10.4 Å². The number of hydrogen-bond donors (Lipinski definition) is 0. The predicted molar refractivity (Wildman–Crippen MR) is 57.4 cm³/mol. The van der Waals surface area contributed by atoms with Gasteiger partial charge in [0.1, 0.15) is 11.1 Å². The number of rotatable bonds is 4. The molecule has 0 spiro atoms. The normalized spacial score (nSPS) is 12.1. The van der Waals surface area contributed by atoms with Crippen molar-refractivity contribution in [2.75, 3.05) is 11.6 Å². The van der Waals surface area contributed by atoms with E-state index in [0.29, 0.717) is 22.4 Å². The summed E-state index contributed by atoms with van der Waals surface area (Å²) in [6, 6.07) is 3.75. The molecule has 1 unspecified atom stereocenters. The van der Waals surface area contributed by atoms with Gasteiger partial charge in [-0.05, 0) is 12.0 Å². The third kappa shape index (κ3) is 3.17. The number of nitrogens with zero attached hydrogens (tertiary/aromatic N) is 3. The summed E-state index contributed by atoms with van der Waals surface area (Å²) in [6.45, 7) is 2.06. The predicted octanol–water partition coefficient (Wildman–Crippen LogP) is 2.32. The van der Waals surface area contributed by atoms with Crippen LogP contribution in [0, 0.1) is 17.2 Å². The van der Waals surface area contributed by atoms with Crippen LogP contribution in [0.1, 0.15) is 12.5 Å². The molecule has 3 nitrogen and oxygen atoms in total. The molecule has 0 radical (unpaired) electrons. The van der Waals surface area contributed by atoms with E-state index in [1.807, 2.05) is 0 Å². The van der Waals surface area contributed by atoms with Crippen molar-refractivity contribution in [2.24, 2.45) is 5.92 Å². The van der Waals surface area contributed by atoms with E-state index in [4.69, 9.17) is 16.9 Å². The molecule has 0 aliphatic carbocycles. The lowest BCUT2D eigenvalue weighted by atomic mass is 10.3. The highest BCUT2D eigenvalue weighted by atomic mass is 35.5. The van der Waals surface area contributed by atoms with Crippen LogP contribution in [-0.2, 0) is 0 Å². The smallest absolute Gasteiger partial charge is 0.137 e. The molecule has 1 heterocycles. The number of hydrogen-bond acceptors (Lipinski definition) is 4. The van der Waals surface area contributed by atoms with Gasteiger partial charge in [-0.1, -0.05) is 6.92 Å².